The van der Waals surface area contributed by atoms with Gasteiger partial charge < -0.3 is 15.3 Å². The molecule has 110 valence electrons. The van der Waals surface area contributed by atoms with Crippen LogP contribution in [-0.2, 0) is 13.1 Å². The van der Waals surface area contributed by atoms with Crippen molar-refractivity contribution in [2.45, 2.75) is 13.1 Å². The molecule has 0 bridgehead atoms. The number of thiazole rings is 1. The first-order chi connectivity index (χ1) is 10.1. The summed E-state index contributed by atoms with van der Waals surface area (Å²) in [6, 6.07) is 2.57. The van der Waals surface area contributed by atoms with E-state index in [9.17, 15) is 9.59 Å². The number of urea groups is 1. The molecular weight excluding hydrogens is 292 g/mol. The Morgan fingerprint density at radius 2 is 2.19 bits per heavy atom. The second-order valence-corrected chi connectivity index (χ2v) is 5.05. The normalized spacial score (nSPS) is 10.1. The van der Waals surface area contributed by atoms with Crippen LogP contribution in [0, 0.1) is 0 Å². The van der Waals surface area contributed by atoms with Crippen molar-refractivity contribution in [3.8, 4) is 0 Å². The molecule has 2 aromatic rings. The molecular formula is C13H14N4O3S. The second-order valence-electron chi connectivity index (χ2n) is 4.34. The number of nitrogens with one attached hydrogen (secondary N) is 1. The number of hydrogen-bond donors (Lipinski definition) is 2. The van der Waals surface area contributed by atoms with Gasteiger partial charge in [0.1, 0.15) is 0 Å². The van der Waals surface area contributed by atoms with Crippen molar-refractivity contribution in [1.82, 2.24) is 20.2 Å². The van der Waals surface area contributed by atoms with Gasteiger partial charge in [-0.2, -0.15) is 0 Å². The average Bonchev–Trinajstić information content (AvgIpc) is 2.97. The molecule has 0 spiro atoms. The van der Waals surface area contributed by atoms with E-state index in [-0.39, 0.29) is 18.1 Å². The minimum absolute atomic E-state index is 0.144. The molecule has 0 radical (unpaired) electrons. The molecule has 0 aliphatic carbocycles. The van der Waals surface area contributed by atoms with Crippen LogP contribution in [0.3, 0.4) is 0 Å². The summed E-state index contributed by atoms with van der Waals surface area (Å²) >= 11 is 1.47. The van der Waals surface area contributed by atoms with Crippen LogP contribution in [0.2, 0.25) is 0 Å². The molecule has 0 unspecified atom stereocenters. The fourth-order valence-electron chi connectivity index (χ4n) is 1.64. The number of carboxylic acid groups (broad SMARTS) is 1. The second kappa shape index (κ2) is 6.80. The van der Waals surface area contributed by atoms with Gasteiger partial charge in [0.2, 0.25) is 0 Å². The zero-order valence-corrected chi connectivity index (χ0v) is 12.1. The van der Waals surface area contributed by atoms with Gasteiger partial charge in [-0.25, -0.2) is 14.6 Å². The first-order valence-corrected chi connectivity index (χ1v) is 7.05. The molecule has 0 fully saturated rings. The van der Waals surface area contributed by atoms with Gasteiger partial charge in [-0.3, -0.25) is 4.98 Å². The van der Waals surface area contributed by atoms with Gasteiger partial charge in [0.05, 0.1) is 35.6 Å². The van der Waals surface area contributed by atoms with E-state index in [0.717, 1.165) is 5.69 Å². The fraction of sp³-hybridized carbons (Fsp3) is 0.231. The fourth-order valence-corrected chi connectivity index (χ4v) is 2.19. The van der Waals surface area contributed by atoms with E-state index in [1.54, 1.807) is 12.6 Å². The smallest absolute Gasteiger partial charge is 0.335 e. The van der Waals surface area contributed by atoms with Crippen LogP contribution >= 0.6 is 11.3 Å². The van der Waals surface area contributed by atoms with Gasteiger partial charge in [-0.05, 0) is 12.1 Å². The van der Waals surface area contributed by atoms with E-state index >= 15 is 0 Å². The van der Waals surface area contributed by atoms with E-state index in [1.807, 2.05) is 5.38 Å². The lowest BCUT2D eigenvalue weighted by atomic mass is 10.2. The Labute approximate surface area is 125 Å². The largest absolute Gasteiger partial charge is 0.478 e. The maximum Gasteiger partial charge on any atom is 0.335 e. The first-order valence-electron chi connectivity index (χ1n) is 6.10. The molecule has 2 amide bonds. The van der Waals surface area contributed by atoms with Crippen molar-refractivity contribution in [3.63, 3.8) is 0 Å². The van der Waals surface area contributed by atoms with Crippen LogP contribution in [0.5, 0.6) is 0 Å². The molecule has 21 heavy (non-hydrogen) atoms. The summed E-state index contributed by atoms with van der Waals surface area (Å²) in [7, 11) is 1.66. The lowest BCUT2D eigenvalue weighted by molar-refractivity contribution is 0.0696. The highest BCUT2D eigenvalue weighted by Gasteiger charge is 2.10. The van der Waals surface area contributed by atoms with Gasteiger partial charge in [0.25, 0.3) is 0 Å². The SMILES string of the molecule is CN(Cc1cscn1)C(=O)NCc1cc(C(=O)O)ccn1. The molecule has 7 nitrogen and oxygen atoms in total. The van der Waals surface area contributed by atoms with Crippen LogP contribution in [0.25, 0.3) is 0 Å². The zero-order chi connectivity index (χ0) is 15.2. The Kier molecular flexibility index (Phi) is 4.83. The molecule has 8 heteroatoms. The lowest BCUT2D eigenvalue weighted by Gasteiger charge is -2.16. The topological polar surface area (TPSA) is 95.4 Å². The van der Waals surface area contributed by atoms with Crippen molar-refractivity contribution in [1.29, 1.82) is 0 Å². The zero-order valence-electron chi connectivity index (χ0n) is 11.3. The lowest BCUT2D eigenvalue weighted by Crippen LogP contribution is -2.36. The number of carbonyl (C=O) groups is 2. The number of amides is 2. The van der Waals surface area contributed by atoms with E-state index in [1.165, 1.54) is 34.6 Å². The Bertz CT molecular complexity index is 630. The van der Waals surface area contributed by atoms with Crippen LogP contribution in [0.1, 0.15) is 21.7 Å². The molecule has 2 aromatic heterocycles. The van der Waals surface area contributed by atoms with Gasteiger partial charge in [-0.15, -0.1) is 11.3 Å². The molecule has 0 aromatic carbocycles. The van der Waals surface area contributed by atoms with Crippen molar-refractivity contribution < 1.29 is 14.7 Å². The number of carboxylic acids is 1. The highest BCUT2D eigenvalue weighted by molar-refractivity contribution is 7.07. The summed E-state index contributed by atoms with van der Waals surface area (Å²) < 4.78 is 0. The number of rotatable bonds is 5. The van der Waals surface area contributed by atoms with Crippen molar-refractivity contribution in [2.24, 2.45) is 0 Å². The molecule has 2 rings (SSSR count). The summed E-state index contributed by atoms with van der Waals surface area (Å²) in [5, 5.41) is 13.5. The Balaban J connectivity index is 1.88. The van der Waals surface area contributed by atoms with E-state index in [2.05, 4.69) is 15.3 Å². The highest BCUT2D eigenvalue weighted by atomic mass is 32.1. The van der Waals surface area contributed by atoms with Crippen molar-refractivity contribution >= 4 is 23.3 Å². The number of aromatic carboxylic acids is 1. The number of carbonyl (C=O) groups excluding carboxylic acids is 1. The van der Waals surface area contributed by atoms with Gasteiger partial charge in [-0.1, -0.05) is 0 Å². The minimum atomic E-state index is -1.02. The number of nitrogens with zero attached hydrogens (tertiary/aromatic N) is 3. The molecule has 0 aliphatic rings. The summed E-state index contributed by atoms with van der Waals surface area (Å²) in [6.07, 6.45) is 1.41. The molecule has 0 aliphatic heterocycles. The predicted molar refractivity (Wildman–Crippen MR) is 77.0 cm³/mol. The van der Waals surface area contributed by atoms with Crippen LogP contribution < -0.4 is 5.32 Å². The summed E-state index contributed by atoms with van der Waals surface area (Å²) in [6.45, 7) is 0.583. The van der Waals surface area contributed by atoms with E-state index in [0.29, 0.717) is 12.2 Å². The average molecular weight is 306 g/mol. The quantitative estimate of drug-likeness (QED) is 0.874. The molecule has 2 N–H and O–H groups in total. The van der Waals surface area contributed by atoms with Crippen LogP contribution in [0.4, 0.5) is 4.79 Å². The first kappa shape index (κ1) is 14.9. The van der Waals surface area contributed by atoms with Crippen molar-refractivity contribution in [3.05, 3.63) is 46.2 Å². The van der Waals surface area contributed by atoms with Crippen molar-refractivity contribution in [2.75, 3.05) is 7.05 Å². The Morgan fingerprint density at radius 3 is 2.86 bits per heavy atom. The summed E-state index contributed by atoms with van der Waals surface area (Å²) in [5.74, 6) is -1.02. The number of pyridine rings is 1. The number of aromatic nitrogens is 2. The van der Waals surface area contributed by atoms with Crippen LogP contribution in [0.15, 0.2) is 29.2 Å². The standard InChI is InChI=1S/C13H14N4O3S/c1-17(6-11-7-21-8-16-11)13(20)15-5-10-4-9(12(18)19)2-3-14-10/h2-4,7-8H,5-6H2,1H3,(H,15,20)(H,18,19). The van der Waals surface area contributed by atoms with E-state index in [4.69, 9.17) is 5.11 Å². The monoisotopic (exact) mass is 306 g/mol. The van der Waals surface area contributed by atoms with Gasteiger partial charge >= 0.3 is 12.0 Å². The third kappa shape index (κ3) is 4.25. The maximum absolute atomic E-state index is 11.9. The molecule has 0 saturated carbocycles. The minimum Gasteiger partial charge on any atom is -0.478 e. The van der Waals surface area contributed by atoms with E-state index < -0.39 is 5.97 Å². The Morgan fingerprint density at radius 1 is 1.38 bits per heavy atom. The predicted octanol–water partition coefficient (Wildman–Crippen LogP) is 1.58. The third-order valence-electron chi connectivity index (χ3n) is 2.71. The maximum atomic E-state index is 11.9. The Hall–Kier alpha value is -2.48. The molecule has 0 atom stereocenters. The van der Waals surface area contributed by atoms with Crippen LogP contribution in [-0.4, -0.2) is 39.0 Å². The van der Waals surface area contributed by atoms with Gasteiger partial charge in [0, 0.05) is 18.6 Å². The summed E-state index contributed by atoms with van der Waals surface area (Å²) in [5.41, 5.74) is 3.17. The molecule has 0 saturated heterocycles. The number of hydrogen-bond acceptors (Lipinski definition) is 5. The third-order valence-corrected chi connectivity index (χ3v) is 3.35. The van der Waals surface area contributed by atoms with Gasteiger partial charge in [0.15, 0.2) is 0 Å². The molecule has 2 heterocycles. The highest BCUT2D eigenvalue weighted by Crippen LogP contribution is 2.05. The summed E-state index contributed by atoms with van der Waals surface area (Å²) in [4.78, 5) is 32.4.